The number of benzene rings is 1. The second-order valence-electron chi connectivity index (χ2n) is 11.3. The Hall–Kier alpha value is -1.28. The van der Waals surface area contributed by atoms with Crippen molar-refractivity contribution < 1.29 is 10.2 Å². The average Bonchev–Trinajstić information content (AvgIpc) is 2.67. The lowest BCUT2D eigenvalue weighted by molar-refractivity contribution is -0.0150. The van der Waals surface area contributed by atoms with E-state index >= 15 is 0 Å². The topological polar surface area (TPSA) is 40.5 Å². The molecule has 0 spiro atoms. The summed E-state index contributed by atoms with van der Waals surface area (Å²) in [6.45, 7) is 15.7. The van der Waals surface area contributed by atoms with E-state index in [0.717, 1.165) is 31.2 Å². The fraction of sp³-hybridized carbons (Fsp3) is 0.714. The number of rotatable bonds is 5. The number of hydrogen-bond acceptors (Lipinski definition) is 2. The fourth-order valence-electron chi connectivity index (χ4n) is 6.26. The Balaban J connectivity index is 1.92. The van der Waals surface area contributed by atoms with Gasteiger partial charge in [0.1, 0.15) is 5.75 Å². The molecule has 0 radical (unpaired) electrons. The SMILES string of the molecule is Cc1cc(C(C)C)c(O)cc1C1(C)CCCC(C)C1CC1=CCC(O)(C(C)C)CC1. The monoisotopic (exact) mass is 412 g/mol. The minimum Gasteiger partial charge on any atom is -0.508 e. The normalized spacial score (nSPS) is 32.5. The summed E-state index contributed by atoms with van der Waals surface area (Å²) in [5.41, 5.74) is 4.82. The van der Waals surface area contributed by atoms with Crippen molar-refractivity contribution in [2.45, 2.75) is 110 Å². The highest BCUT2D eigenvalue weighted by molar-refractivity contribution is 5.46. The van der Waals surface area contributed by atoms with Crippen LogP contribution >= 0.6 is 0 Å². The van der Waals surface area contributed by atoms with Crippen LogP contribution in [0.1, 0.15) is 109 Å². The smallest absolute Gasteiger partial charge is 0.119 e. The number of aliphatic hydroxyl groups is 1. The van der Waals surface area contributed by atoms with Gasteiger partial charge in [0.25, 0.3) is 0 Å². The Kier molecular flexibility index (Phi) is 6.77. The van der Waals surface area contributed by atoms with Gasteiger partial charge in [-0.3, -0.25) is 0 Å². The highest BCUT2D eigenvalue weighted by Gasteiger charge is 2.43. The van der Waals surface area contributed by atoms with E-state index in [2.05, 4.69) is 66.7 Å². The summed E-state index contributed by atoms with van der Waals surface area (Å²) in [6.07, 6.45) is 9.90. The molecule has 1 fully saturated rings. The summed E-state index contributed by atoms with van der Waals surface area (Å²) >= 11 is 0. The van der Waals surface area contributed by atoms with Crippen LogP contribution in [-0.2, 0) is 5.41 Å². The number of phenols is 1. The van der Waals surface area contributed by atoms with E-state index in [0.29, 0.717) is 29.4 Å². The number of hydrogen-bond donors (Lipinski definition) is 2. The second-order valence-corrected chi connectivity index (χ2v) is 11.3. The lowest BCUT2D eigenvalue weighted by Gasteiger charge is -2.47. The molecule has 2 aliphatic rings. The van der Waals surface area contributed by atoms with Crippen molar-refractivity contribution in [3.05, 3.63) is 40.5 Å². The standard InChI is InChI=1S/C28H44O2/c1-18(2)23-15-21(6)25(17-26(23)29)27(7)12-8-9-20(5)24(27)16-22-10-13-28(30,14-11-22)19(3)4/h10,15,17-20,24,29-30H,8-9,11-14,16H2,1-7H3. The zero-order valence-corrected chi connectivity index (χ0v) is 20.4. The van der Waals surface area contributed by atoms with Gasteiger partial charge in [0.05, 0.1) is 5.60 Å². The number of allylic oxidation sites excluding steroid dienone is 1. The molecule has 0 bridgehead atoms. The third kappa shape index (κ3) is 4.35. The van der Waals surface area contributed by atoms with E-state index in [1.165, 1.54) is 36.0 Å². The summed E-state index contributed by atoms with van der Waals surface area (Å²) in [6, 6.07) is 4.31. The van der Waals surface area contributed by atoms with Crippen LogP contribution in [0.15, 0.2) is 23.8 Å². The summed E-state index contributed by atoms with van der Waals surface area (Å²) in [5, 5.41) is 21.6. The van der Waals surface area contributed by atoms with Crippen LogP contribution in [0.3, 0.4) is 0 Å². The molecule has 30 heavy (non-hydrogen) atoms. The van der Waals surface area contributed by atoms with Crippen molar-refractivity contribution in [3.8, 4) is 5.75 Å². The molecule has 4 atom stereocenters. The molecule has 3 rings (SSSR count). The van der Waals surface area contributed by atoms with Crippen molar-refractivity contribution in [3.63, 3.8) is 0 Å². The first kappa shape index (κ1) is 23.4. The summed E-state index contributed by atoms with van der Waals surface area (Å²) < 4.78 is 0. The Bertz CT molecular complexity index is 790. The first-order chi connectivity index (χ1) is 14.0. The van der Waals surface area contributed by atoms with E-state index in [1.54, 1.807) is 0 Å². The van der Waals surface area contributed by atoms with Gasteiger partial charge in [-0.1, -0.05) is 72.1 Å². The highest BCUT2D eigenvalue weighted by Crippen LogP contribution is 2.51. The van der Waals surface area contributed by atoms with Crippen LogP contribution in [0.4, 0.5) is 0 Å². The molecule has 2 nitrogen and oxygen atoms in total. The molecule has 1 aromatic rings. The Morgan fingerprint density at radius 1 is 1.13 bits per heavy atom. The van der Waals surface area contributed by atoms with E-state index in [9.17, 15) is 10.2 Å². The molecular weight excluding hydrogens is 368 g/mol. The Labute approximate surface area is 184 Å². The molecule has 0 aliphatic heterocycles. The van der Waals surface area contributed by atoms with Gasteiger partial charge in [-0.05, 0) is 90.9 Å². The first-order valence-electron chi connectivity index (χ1n) is 12.2. The third-order valence-corrected chi connectivity index (χ3v) is 8.65. The summed E-state index contributed by atoms with van der Waals surface area (Å²) in [5.74, 6) is 2.34. The van der Waals surface area contributed by atoms with Crippen LogP contribution < -0.4 is 0 Å². The minimum atomic E-state index is -0.528. The fourth-order valence-corrected chi connectivity index (χ4v) is 6.26. The van der Waals surface area contributed by atoms with E-state index in [1.807, 2.05) is 0 Å². The first-order valence-corrected chi connectivity index (χ1v) is 12.2. The van der Waals surface area contributed by atoms with Gasteiger partial charge in [0.2, 0.25) is 0 Å². The zero-order valence-electron chi connectivity index (χ0n) is 20.4. The number of phenolic OH excluding ortho intramolecular Hbond substituents is 1. The molecule has 0 heterocycles. The minimum absolute atomic E-state index is 0.0847. The van der Waals surface area contributed by atoms with Gasteiger partial charge < -0.3 is 10.2 Å². The van der Waals surface area contributed by atoms with E-state index in [4.69, 9.17) is 0 Å². The number of aryl methyl sites for hydroxylation is 1. The molecule has 1 saturated carbocycles. The zero-order chi connectivity index (χ0) is 22.3. The molecule has 0 amide bonds. The van der Waals surface area contributed by atoms with Gasteiger partial charge >= 0.3 is 0 Å². The van der Waals surface area contributed by atoms with Crippen LogP contribution in [0, 0.1) is 24.7 Å². The van der Waals surface area contributed by atoms with Crippen LogP contribution in [0.5, 0.6) is 5.75 Å². The molecule has 2 aliphatic carbocycles. The van der Waals surface area contributed by atoms with Gasteiger partial charge in [-0.15, -0.1) is 0 Å². The van der Waals surface area contributed by atoms with Crippen molar-refractivity contribution in [2.24, 2.45) is 17.8 Å². The van der Waals surface area contributed by atoms with Crippen LogP contribution in [-0.4, -0.2) is 15.8 Å². The van der Waals surface area contributed by atoms with Crippen LogP contribution in [0.25, 0.3) is 0 Å². The molecule has 2 N–H and O–H groups in total. The quantitative estimate of drug-likeness (QED) is 0.494. The third-order valence-electron chi connectivity index (χ3n) is 8.65. The molecule has 0 saturated heterocycles. The van der Waals surface area contributed by atoms with Crippen molar-refractivity contribution >= 4 is 0 Å². The molecule has 1 aromatic carbocycles. The van der Waals surface area contributed by atoms with E-state index in [-0.39, 0.29) is 5.41 Å². The maximum absolute atomic E-state index is 10.9. The lowest BCUT2D eigenvalue weighted by atomic mass is 9.57. The van der Waals surface area contributed by atoms with Gasteiger partial charge in [-0.25, -0.2) is 0 Å². The van der Waals surface area contributed by atoms with Gasteiger partial charge in [0, 0.05) is 0 Å². The lowest BCUT2D eigenvalue weighted by Crippen LogP contribution is -2.41. The Morgan fingerprint density at radius 3 is 2.40 bits per heavy atom. The van der Waals surface area contributed by atoms with Gasteiger partial charge in [0.15, 0.2) is 0 Å². The summed E-state index contributed by atoms with van der Waals surface area (Å²) in [4.78, 5) is 0. The predicted molar refractivity (Wildman–Crippen MR) is 127 cm³/mol. The van der Waals surface area contributed by atoms with E-state index < -0.39 is 5.60 Å². The molecule has 0 aromatic heterocycles. The van der Waals surface area contributed by atoms with Crippen LogP contribution in [0.2, 0.25) is 0 Å². The van der Waals surface area contributed by atoms with Crippen molar-refractivity contribution in [2.75, 3.05) is 0 Å². The maximum atomic E-state index is 10.9. The average molecular weight is 413 g/mol. The van der Waals surface area contributed by atoms with Gasteiger partial charge in [-0.2, -0.15) is 0 Å². The predicted octanol–water partition coefficient (Wildman–Crippen LogP) is 7.41. The largest absolute Gasteiger partial charge is 0.508 e. The molecule has 168 valence electrons. The molecular formula is C28H44O2. The second kappa shape index (κ2) is 8.69. The highest BCUT2D eigenvalue weighted by atomic mass is 16.3. The summed E-state index contributed by atoms with van der Waals surface area (Å²) in [7, 11) is 0. The molecule has 2 heteroatoms. The van der Waals surface area contributed by atoms with Crippen molar-refractivity contribution in [1.82, 2.24) is 0 Å². The Morgan fingerprint density at radius 2 is 1.83 bits per heavy atom. The van der Waals surface area contributed by atoms with Crippen molar-refractivity contribution in [1.29, 1.82) is 0 Å². The maximum Gasteiger partial charge on any atom is 0.119 e. The molecule has 4 unspecified atom stereocenters. The number of aromatic hydroxyl groups is 1.